The van der Waals surface area contributed by atoms with E-state index in [9.17, 15) is 0 Å². The van der Waals surface area contributed by atoms with Gasteiger partial charge < -0.3 is 9.47 Å². The molecule has 5 heteroatoms. The lowest BCUT2D eigenvalue weighted by molar-refractivity contribution is 0.0608. The van der Waals surface area contributed by atoms with E-state index in [-0.39, 0.29) is 0 Å². The molecule has 158 valence electrons. The van der Waals surface area contributed by atoms with E-state index in [1.54, 1.807) is 14.2 Å². The molecule has 5 nitrogen and oxygen atoms in total. The smallest absolute Gasteiger partial charge is 0.161 e. The summed E-state index contributed by atoms with van der Waals surface area (Å²) in [5.41, 5.74) is 4.75. The van der Waals surface area contributed by atoms with Crippen LogP contribution in [0.1, 0.15) is 48.1 Å². The number of nitriles is 1. The van der Waals surface area contributed by atoms with Gasteiger partial charge in [0.2, 0.25) is 0 Å². The molecule has 2 aromatic rings. The van der Waals surface area contributed by atoms with Crippen LogP contribution in [0.4, 0.5) is 0 Å². The molecule has 2 atom stereocenters. The van der Waals surface area contributed by atoms with Crippen molar-refractivity contribution in [3.05, 3.63) is 58.7 Å². The standard InChI is InChI=1S/C25H31N3O2/c1-18-23-14-25(30-3)24(29-2)13-21(23)10-12-28(18)22-5-4-11-27(17-22)16-20-8-6-19(15-26)7-9-20/h6-9,13-14,18,22H,4-5,10-12,16-17H2,1-3H3. The van der Waals surface area contributed by atoms with Gasteiger partial charge in [-0.1, -0.05) is 12.1 Å². The Morgan fingerprint density at radius 3 is 2.50 bits per heavy atom. The molecule has 2 heterocycles. The Labute approximate surface area is 179 Å². The molecule has 0 spiro atoms. The van der Waals surface area contributed by atoms with Gasteiger partial charge >= 0.3 is 0 Å². The third-order valence-electron chi connectivity index (χ3n) is 6.67. The molecule has 0 radical (unpaired) electrons. The maximum absolute atomic E-state index is 9.00. The Morgan fingerprint density at radius 2 is 1.80 bits per heavy atom. The monoisotopic (exact) mass is 405 g/mol. The van der Waals surface area contributed by atoms with Crippen LogP contribution in [-0.4, -0.2) is 49.7 Å². The zero-order chi connectivity index (χ0) is 21.1. The Balaban J connectivity index is 1.46. The van der Waals surface area contributed by atoms with Crippen LogP contribution in [0.2, 0.25) is 0 Å². The number of piperidine rings is 1. The molecule has 2 aromatic carbocycles. The van der Waals surface area contributed by atoms with Gasteiger partial charge in [-0.25, -0.2) is 0 Å². The number of hydrogen-bond donors (Lipinski definition) is 0. The Bertz CT molecular complexity index is 919. The first-order chi connectivity index (χ1) is 14.6. The van der Waals surface area contributed by atoms with Crippen LogP contribution < -0.4 is 9.47 Å². The minimum absolute atomic E-state index is 0.369. The minimum Gasteiger partial charge on any atom is -0.493 e. The second-order valence-corrected chi connectivity index (χ2v) is 8.41. The second-order valence-electron chi connectivity index (χ2n) is 8.41. The van der Waals surface area contributed by atoms with E-state index in [1.165, 1.54) is 29.5 Å². The summed E-state index contributed by atoms with van der Waals surface area (Å²) in [4.78, 5) is 5.24. The van der Waals surface area contributed by atoms with Crippen LogP contribution >= 0.6 is 0 Å². The number of likely N-dealkylation sites (tertiary alicyclic amines) is 1. The van der Waals surface area contributed by atoms with Crippen LogP contribution in [-0.2, 0) is 13.0 Å². The molecule has 0 saturated carbocycles. The molecule has 0 aromatic heterocycles. The lowest BCUT2D eigenvalue weighted by Crippen LogP contribution is -2.50. The molecular formula is C25H31N3O2. The first kappa shape index (κ1) is 20.7. The highest BCUT2D eigenvalue weighted by molar-refractivity contribution is 5.49. The maximum atomic E-state index is 9.00. The summed E-state index contributed by atoms with van der Waals surface area (Å²) < 4.78 is 11.1. The predicted molar refractivity (Wildman–Crippen MR) is 118 cm³/mol. The van der Waals surface area contributed by atoms with E-state index in [2.05, 4.69) is 47.1 Å². The Hall–Kier alpha value is -2.55. The highest BCUT2D eigenvalue weighted by Gasteiger charge is 2.33. The number of methoxy groups -OCH3 is 2. The van der Waals surface area contributed by atoms with Gasteiger partial charge in [0.15, 0.2) is 11.5 Å². The molecule has 2 unspecified atom stereocenters. The van der Waals surface area contributed by atoms with E-state index in [0.717, 1.165) is 49.7 Å². The topological polar surface area (TPSA) is 48.7 Å². The lowest BCUT2D eigenvalue weighted by Gasteiger charge is -2.45. The molecule has 30 heavy (non-hydrogen) atoms. The van der Waals surface area contributed by atoms with Gasteiger partial charge in [-0.15, -0.1) is 0 Å². The van der Waals surface area contributed by atoms with Crippen molar-refractivity contribution in [3.63, 3.8) is 0 Å². The first-order valence-corrected chi connectivity index (χ1v) is 10.8. The number of rotatable bonds is 5. The molecule has 0 aliphatic carbocycles. The predicted octanol–water partition coefficient (Wildman–Crippen LogP) is 4.16. The molecule has 0 bridgehead atoms. The first-order valence-electron chi connectivity index (χ1n) is 10.8. The number of benzene rings is 2. The molecule has 0 N–H and O–H groups in total. The highest BCUT2D eigenvalue weighted by atomic mass is 16.5. The SMILES string of the molecule is COc1cc2c(cc1OC)C(C)N(C1CCCN(Cc3ccc(C#N)cc3)C1)CC2. The van der Waals surface area contributed by atoms with Crippen molar-refractivity contribution >= 4 is 0 Å². The van der Waals surface area contributed by atoms with E-state index >= 15 is 0 Å². The van der Waals surface area contributed by atoms with Crippen LogP contribution in [0.3, 0.4) is 0 Å². The zero-order valence-corrected chi connectivity index (χ0v) is 18.2. The average Bonchev–Trinajstić information content (AvgIpc) is 2.79. The fourth-order valence-corrected chi connectivity index (χ4v) is 5.05. The normalized spacial score (nSPS) is 22.2. The molecular weight excluding hydrogens is 374 g/mol. The van der Waals surface area contributed by atoms with Gasteiger partial charge in [-0.3, -0.25) is 9.80 Å². The van der Waals surface area contributed by atoms with Crippen molar-refractivity contribution in [2.75, 3.05) is 33.9 Å². The number of nitrogens with zero attached hydrogens (tertiary/aromatic N) is 3. The van der Waals surface area contributed by atoms with Crippen LogP contribution in [0.15, 0.2) is 36.4 Å². The highest BCUT2D eigenvalue weighted by Crippen LogP contribution is 2.39. The largest absolute Gasteiger partial charge is 0.493 e. The van der Waals surface area contributed by atoms with Gasteiger partial charge in [-0.2, -0.15) is 5.26 Å². The van der Waals surface area contributed by atoms with Gasteiger partial charge in [0.1, 0.15) is 0 Å². The summed E-state index contributed by atoms with van der Waals surface area (Å²) in [5, 5.41) is 9.00. The Morgan fingerprint density at radius 1 is 1.07 bits per heavy atom. The van der Waals surface area contributed by atoms with Gasteiger partial charge in [0, 0.05) is 31.7 Å². The second kappa shape index (κ2) is 9.07. The maximum Gasteiger partial charge on any atom is 0.161 e. The van der Waals surface area contributed by atoms with E-state index in [0.29, 0.717) is 12.1 Å². The number of hydrogen-bond acceptors (Lipinski definition) is 5. The van der Waals surface area contributed by atoms with Crippen molar-refractivity contribution in [2.45, 2.75) is 44.8 Å². The number of ether oxygens (including phenoxy) is 2. The van der Waals surface area contributed by atoms with E-state index in [4.69, 9.17) is 14.7 Å². The van der Waals surface area contributed by atoms with Crippen molar-refractivity contribution in [3.8, 4) is 17.6 Å². The van der Waals surface area contributed by atoms with Crippen molar-refractivity contribution in [1.29, 1.82) is 5.26 Å². The summed E-state index contributed by atoms with van der Waals surface area (Å²) in [5.74, 6) is 1.64. The summed E-state index contributed by atoms with van der Waals surface area (Å²) in [7, 11) is 3.41. The van der Waals surface area contributed by atoms with E-state index < -0.39 is 0 Å². The average molecular weight is 406 g/mol. The molecule has 4 rings (SSSR count). The van der Waals surface area contributed by atoms with Gasteiger partial charge in [-0.05, 0) is 73.7 Å². The third-order valence-corrected chi connectivity index (χ3v) is 6.67. The molecule has 2 aliphatic heterocycles. The quantitative estimate of drug-likeness (QED) is 0.748. The molecule has 1 saturated heterocycles. The number of fused-ring (bicyclic) bond motifs is 1. The molecule has 0 amide bonds. The van der Waals surface area contributed by atoms with Gasteiger partial charge in [0.25, 0.3) is 0 Å². The Kier molecular flexibility index (Phi) is 6.26. The van der Waals surface area contributed by atoms with Crippen molar-refractivity contribution in [1.82, 2.24) is 9.80 Å². The zero-order valence-electron chi connectivity index (χ0n) is 18.2. The minimum atomic E-state index is 0.369. The van der Waals surface area contributed by atoms with Crippen LogP contribution in [0.25, 0.3) is 0 Å². The van der Waals surface area contributed by atoms with Crippen molar-refractivity contribution in [2.24, 2.45) is 0 Å². The summed E-state index contributed by atoms with van der Waals surface area (Å²) in [6.07, 6.45) is 3.52. The fraction of sp³-hybridized carbons (Fsp3) is 0.480. The third kappa shape index (κ3) is 4.16. The lowest BCUT2D eigenvalue weighted by atomic mass is 9.90. The van der Waals surface area contributed by atoms with E-state index in [1.807, 2.05) is 12.1 Å². The summed E-state index contributed by atoms with van der Waals surface area (Å²) in [6, 6.07) is 15.5. The van der Waals surface area contributed by atoms with Crippen molar-refractivity contribution < 1.29 is 9.47 Å². The van der Waals surface area contributed by atoms with Gasteiger partial charge in [0.05, 0.1) is 25.9 Å². The molecule has 2 aliphatic rings. The fourth-order valence-electron chi connectivity index (χ4n) is 5.05. The summed E-state index contributed by atoms with van der Waals surface area (Å²) >= 11 is 0. The molecule has 1 fully saturated rings. The summed E-state index contributed by atoms with van der Waals surface area (Å²) in [6.45, 7) is 6.59. The van der Waals surface area contributed by atoms with Crippen LogP contribution in [0.5, 0.6) is 11.5 Å². The van der Waals surface area contributed by atoms with Crippen LogP contribution in [0, 0.1) is 11.3 Å².